The Morgan fingerprint density at radius 3 is 2.13 bits per heavy atom. The number of hydrogen-bond donors (Lipinski definition) is 1. The first-order valence-corrected chi connectivity index (χ1v) is 8.00. The summed E-state index contributed by atoms with van der Waals surface area (Å²) in [6.07, 6.45) is 8.87. The number of allylic oxidation sites excluding steroid dienone is 3. The standard InChI is InChI=1S/C14H16O.C3H8.C2H6.CH4O2/c1-4-8-12-9-7-10-14(11-12)15-13(5-2)6-3;1-3-2;1-2;1-3-2/h4-11H,2H2,1,3H3;3H2,1-2H3;1-2H3;2H,1H3/b8-4+,13-6+;;;. The lowest BCUT2D eigenvalue weighted by atomic mass is 10.2. The first-order chi connectivity index (χ1) is 11.1. The molecule has 1 aromatic rings. The minimum absolute atomic E-state index is 0.771. The lowest BCUT2D eigenvalue weighted by Crippen LogP contribution is -1.91. The van der Waals surface area contributed by atoms with Crippen LogP contribution in [0, 0.1) is 0 Å². The molecule has 0 aliphatic rings. The van der Waals surface area contributed by atoms with Crippen molar-refractivity contribution in [1.29, 1.82) is 0 Å². The van der Waals surface area contributed by atoms with Crippen LogP contribution in [0.5, 0.6) is 5.75 Å². The van der Waals surface area contributed by atoms with Crippen LogP contribution in [0.15, 0.2) is 54.8 Å². The van der Waals surface area contributed by atoms with Gasteiger partial charge in [-0.15, -0.1) is 0 Å². The second-order valence-corrected chi connectivity index (χ2v) is 3.96. The van der Waals surface area contributed by atoms with Crippen LogP contribution in [-0.4, -0.2) is 12.4 Å². The Kier molecular flexibility index (Phi) is 25.4. The van der Waals surface area contributed by atoms with E-state index in [4.69, 9.17) is 9.99 Å². The monoisotopic (exact) mass is 322 g/mol. The quantitative estimate of drug-likeness (QED) is 0.289. The van der Waals surface area contributed by atoms with Crippen LogP contribution in [0.3, 0.4) is 0 Å². The Labute approximate surface area is 142 Å². The van der Waals surface area contributed by atoms with Crippen molar-refractivity contribution in [3.63, 3.8) is 0 Å². The zero-order valence-electron chi connectivity index (χ0n) is 15.8. The van der Waals surface area contributed by atoms with Crippen LogP contribution < -0.4 is 4.74 Å². The molecule has 23 heavy (non-hydrogen) atoms. The van der Waals surface area contributed by atoms with Gasteiger partial charge in [-0.05, 0) is 43.7 Å². The average molecular weight is 322 g/mol. The molecule has 0 amide bonds. The highest BCUT2D eigenvalue weighted by Crippen LogP contribution is 2.17. The van der Waals surface area contributed by atoms with E-state index >= 15 is 0 Å². The van der Waals surface area contributed by atoms with Gasteiger partial charge in [0.05, 0.1) is 7.11 Å². The molecule has 0 aromatic heterocycles. The maximum absolute atomic E-state index is 7.07. The molecule has 0 saturated carbocycles. The molecule has 0 bridgehead atoms. The van der Waals surface area contributed by atoms with Gasteiger partial charge in [0.2, 0.25) is 0 Å². The van der Waals surface area contributed by atoms with Crippen molar-refractivity contribution >= 4 is 6.08 Å². The predicted molar refractivity (Wildman–Crippen MR) is 103 cm³/mol. The molecule has 1 N–H and O–H groups in total. The number of benzene rings is 1. The summed E-state index contributed by atoms with van der Waals surface area (Å²) in [6.45, 7) is 15.8. The van der Waals surface area contributed by atoms with Crippen LogP contribution in [0.1, 0.15) is 53.5 Å². The molecule has 0 saturated heterocycles. The van der Waals surface area contributed by atoms with E-state index in [-0.39, 0.29) is 0 Å². The normalized spacial score (nSPS) is 9.48. The minimum Gasteiger partial charge on any atom is -0.458 e. The Morgan fingerprint density at radius 2 is 1.74 bits per heavy atom. The molecule has 0 aliphatic carbocycles. The van der Waals surface area contributed by atoms with Gasteiger partial charge in [-0.1, -0.05) is 65.0 Å². The van der Waals surface area contributed by atoms with Crippen LogP contribution in [0.2, 0.25) is 0 Å². The van der Waals surface area contributed by atoms with E-state index in [0.29, 0.717) is 0 Å². The Bertz CT molecular complexity index is 419. The van der Waals surface area contributed by atoms with E-state index in [2.05, 4.69) is 25.3 Å². The fourth-order valence-corrected chi connectivity index (χ4v) is 1.23. The lowest BCUT2D eigenvalue weighted by Gasteiger charge is -2.06. The van der Waals surface area contributed by atoms with Crippen molar-refractivity contribution in [3.8, 4) is 5.75 Å². The minimum atomic E-state index is 0.771. The van der Waals surface area contributed by atoms with E-state index in [1.165, 1.54) is 13.5 Å². The third-order valence-electron chi connectivity index (χ3n) is 1.94. The van der Waals surface area contributed by atoms with Crippen molar-refractivity contribution in [2.24, 2.45) is 0 Å². The van der Waals surface area contributed by atoms with Gasteiger partial charge in [0, 0.05) is 0 Å². The smallest absolute Gasteiger partial charge is 0.128 e. The molecule has 132 valence electrons. The van der Waals surface area contributed by atoms with E-state index in [1.807, 2.05) is 70.2 Å². The summed E-state index contributed by atoms with van der Waals surface area (Å²) in [4.78, 5) is 3.25. The maximum atomic E-state index is 7.07. The molecular formula is C20H34O3. The summed E-state index contributed by atoms with van der Waals surface area (Å²) in [5.41, 5.74) is 1.13. The molecule has 1 rings (SSSR count). The highest BCUT2D eigenvalue weighted by atomic mass is 17.1. The van der Waals surface area contributed by atoms with Crippen LogP contribution in [-0.2, 0) is 4.89 Å². The van der Waals surface area contributed by atoms with E-state index in [0.717, 1.165) is 17.1 Å². The second kappa shape index (κ2) is 22.4. The van der Waals surface area contributed by atoms with Crippen molar-refractivity contribution in [2.45, 2.75) is 48.0 Å². The van der Waals surface area contributed by atoms with Gasteiger partial charge in [0.1, 0.15) is 11.5 Å². The Balaban J connectivity index is -0.000000425. The first-order valence-electron chi connectivity index (χ1n) is 8.00. The summed E-state index contributed by atoms with van der Waals surface area (Å²) in [5, 5.41) is 7.07. The van der Waals surface area contributed by atoms with Gasteiger partial charge < -0.3 is 4.74 Å². The first kappa shape index (κ1) is 26.1. The molecule has 1 aromatic carbocycles. The predicted octanol–water partition coefficient (Wildman–Crippen LogP) is 6.74. The number of hydrogen-bond acceptors (Lipinski definition) is 3. The third kappa shape index (κ3) is 18.1. The summed E-state index contributed by atoms with van der Waals surface area (Å²) in [5.74, 6) is 1.60. The van der Waals surface area contributed by atoms with Gasteiger partial charge in [-0.3, -0.25) is 5.26 Å². The van der Waals surface area contributed by atoms with Gasteiger partial charge in [-0.25, -0.2) is 4.89 Å². The second-order valence-electron chi connectivity index (χ2n) is 3.96. The highest BCUT2D eigenvalue weighted by Gasteiger charge is 1.96. The largest absolute Gasteiger partial charge is 0.458 e. The fourth-order valence-electron chi connectivity index (χ4n) is 1.23. The third-order valence-corrected chi connectivity index (χ3v) is 1.94. The summed E-state index contributed by atoms with van der Waals surface area (Å²) < 4.78 is 5.61. The van der Waals surface area contributed by atoms with E-state index in [9.17, 15) is 0 Å². The van der Waals surface area contributed by atoms with Gasteiger partial charge >= 0.3 is 0 Å². The van der Waals surface area contributed by atoms with E-state index < -0.39 is 0 Å². The molecule has 3 heteroatoms. The number of ether oxygens (including phenoxy) is 1. The molecule has 0 aliphatic heterocycles. The van der Waals surface area contributed by atoms with E-state index in [1.54, 1.807) is 6.08 Å². The molecular weight excluding hydrogens is 288 g/mol. The molecule has 0 radical (unpaired) electrons. The van der Waals surface area contributed by atoms with Crippen molar-refractivity contribution in [1.82, 2.24) is 0 Å². The zero-order chi connectivity index (χ0) is 18.5. The Hall–Kier alpha value is -1.84. The molecule has 0 fully saturated rings. The molecule has 3 nitrogen and oxygen atoms in total. The summed E-state index contributed by atoms with van der Waals surface area (Å²) in [6, 6.07) is 7.93. The van der Waals surface area contributed by atoms with Crippen molar-refractivity contribution in [3.05, 3.63) is 60.4 Å². The zero-order valence-corrected chi connectivity index (χ0v) is 15.8. The van der Waals surface area contributed by atoms with Gasteiger partial charge in [0.25, 0.3) is 0 Å². The van der Waals surface area contributed by atoms with Crippen LogP contribution in [0.25, 0.3) is 6.08 Å². The maximum Gasteiger partial charge on any atom is 0.128 e. The van der Waals surface area contributed by atoms with Gasteiger partial charge in [0.15, 0.2) is 0 Å². The van der Waals surface area contributed by atoms with Crippen molar-refractivity contribution < 1.29 is 14.9 Å². The van der Waals surface area contributed by atoms with Gasteiger partial charge in [-0.2, -0.15) is 0 Å². The Morgan fingerprint density at radius 1 is 1.22 bits per heavy atom. The highest BCUT2D eigenvalue weighted by molar-refractivity contribution is 5.51. The lowest BCUT2D eigenvalue weighted by molar-refractivity contribution is -0.214. The fraction of sp³-hybridized carbons (Fsp3) is 0.400. The van der Waals surface area contributed by atoms with Crippen molar-refractivity contribution in [2.75, 3.05) is 7.11 Å². The average Bonchev–Trinajstić information content (AvgIpc) is 2.57. The topological polar surface area (TPSA) is 38.7 Å². The molecule has 0 atom stereocenters. The summed E-state index contributed by atoms with van der Waals surface area (Å²) in [7, 11) is 1.18. The molecule has 0 spiro atoms. The molecule has 0 heterocycles. The summed E-state index contributed by atoms with van der Waals surface area (Å²) >= 11 is 0. The molecule has 0 unspecified atom stereocenters. The SMILES string of the molecule is C=C/C(=C\C)Oc1cccc(/C=C/C)c1.CC.CCC.COO. The van der Waals surface area contributed by atoms with Crippen LogP contribution >= 0.6 is 0 Å². The number of rotatable bonds is 4. The van der Waals surface area contributed by atoms with Crippen LogP contribution in [0.4, 0.5) is 0 Å².